The molecule has 18 heavy (non-hydrogen) atoms. The van der Waals surface area contributed by atoms with Crippen LogP contribution in [0.4, 0.5) is 11.4 Å². The van der Waals surface area contributed by atoms with E-state index in [4.69, 9.17) is 5.26 Å². The minimum Gasteiger partial charge on any atom is -0.355 e. The van der Waals surface area contributed by atoms with Crippen LogP contribution in [-0.4, -0.2) is 0 Å². The smallest absolute Gasteiger partial charge is 0.0992 e. The Morgan fingerprint density at radius 3 is 2.44 bits per heavy atom. The minimum atomic E-state index is 0.635. The molecule has 0 aliphatic carbocycles. The second kappa shape index (κ2) is 6.04. The molecule has 2 rings (SSSR count). The molecule has 0 radical (unpaired) electrons. The van der Waals surface area contributed by atoms with Crippen LogP contribution in [0.15, 0.2) is 45.3 Å². The Balaban J connectivity index is 2.29. The number of nitrogens with one attached hydrogen (secondary N) is 1. The van der Waals surface area contributed by atoms with Gasteiger partial charge in [-0.2, -0.15) is 5.26 Å². The van der Waals surface area contributed by atoms with E-state index in [2.05, 4.69) is 65.8 Å². The van der Waals surface area contributed by atoms with Gasteiger partial charge in [-0.1, -0.05) is 0 Å². The number of benzene rings is 2. The van der Waals surface area contributed by atoms with Gasteiger partial charge in [0.25, 0.3) is 0 Å². The normalized spacial score (nSPS) is 9.89. The van der Waals surface area contributed by atoms with Gasteiger partial charge in [-0.25, -0.2) is 0 Å². The second-order valence-corrected chi connectivity index (χ2v) is 6.43. The van der Waals surface area contributed by atoms with Crippen molar-refractivity contribution < 1.29 is 0 Å². The number of hydrogen-bond acceptors (Lipinski definition) is 2. The number of nitriles is 1. The highest BCUT2D eigenvalue weighted by molar-refractivity contribution is 14.1. The lowest BCUT2D eigenvalue weighted by atomic mass is 10.2. The predicted molar refractivity (Wildman–Crippen MR) is 89.0 cm³/mol. The van der Waals surface area contributed by atoms with E-state index >= 15 is 0 Å². The van der Waals surface area contributed by atoms with Crippen molar-refractivity contribution in [2.75, 3.05) is 5.32 Å². The summed E-state index contributed by atoms with van der Waals surface area (Å²) >= 11 is 9.22. The third-order valence-corrected chi connectivity index (χ3v) is 5.29. The quantitative estimate of drug-likeness (QED) is 0.585. The summed E-state index contributed by atoms with van der Waals surface area (Å²) in [5, 5.41) is 12.1. The van der Waals surface area contributed by atoms with Crippen molar-refractivity contribution in [3.63, 3.8) is 0 Å². The fourth-order valence-corrected chi connectivity index (χ4v) is 2.61. The monoisotopic (exact) mass is 476 g/mol. The molecule has 0 aliphatic rings. The maximum atomic E-state index is 8.81. The Hall–Kier alpha value is -0.580. The molecule has 0 heterocycles. The standard InChI is InChI=1S/C13H7Br2IN2/c14-10-6-9(2-3-12(10)16)18-13-4-1-8(7-17)5-11(13)15/h1-6,18H. The zero-order valence-electron chi connectivity index (χ0n) is 9.05. The Kier molecular flexibility index (Phi) is 4.65. The maximum Gasteiger partial charge on any atom is 0.0992 e. The highest BCUT2D eigenvalue weighted by Gasteiger charge is 2.03. The van der Waals surface area contributed by atoms with E-state index in [9.17, 15) is 0 Å². The van der Waals surface area contributed by atoms with Gasteiger partial charge < -0.3 is 5.32 Å². The van der Waals surface area contributed by atoms with Crippen LogP contribution in [0.25, 0.3) is 0 Å². The van der Waals surface area contributed by atoms with Gasteiger partial charge in [0.05, 0.1) is 17.3 Å². The van der Waals surface area contributed by atoms with E-state index in [0.717, 1.165) is 23.9 Å². The largest absolute Gasteiger partial charge is 0.355 e. The lowest BCUT2D eigenvalue weighted by Crippen LogP contribution is -1.92. The zero-order valence-corrected chi connectivity index (χ0v) is 14.4. The van der Waals surface area contributed by atoms with Crippen LogP contribution in [0.5, 0.6) is 0 Å². The molecule has 5 heteroatoms. The highest BCUT2D eigenvalue weighted by atomic mass is 127. The molecule has 0 aromatic heterocycles. The third-order valence-electron chi connectivity index (χ3n) is 2.30. The van der Waals surface area contributed by atoms with Crippen molar-refractivity contribution in [2.24, 2.45) is 0 Å². The molecule has 0 bridgehead atoms. The molecule has 2 aromatic rings. The van der Waals surface area contributed by atoms with Crippen molar-refractivity contribution in [2.45, 2.75) is 0 Å². The Morgan fingerprint density at radius 1 is 1.06 bits per heavy atom. The molecule has 0 saturated carbocycles. The van der Waals surface area contributed by atoms with Crippen molar-refractivity contribution >= 4 is 65.8 Å². The maximum absolute atomic E-state index is 8.81. The number of nitrogens with zero attached hydrogens (tertiary/aromatic N) is 1. The minimum absolute atomic E-state index is 0.635. The van der Waals surface area contributed by atoms with E-state index in [1.807, 2.05) is 24.3 Å². The van der Waals surface area contributed by atoms with Gasteiger partial charge in [-0.3, -0.25) is 0 Å². The molecule has 90 valence electrons. The van der Waals surface area contributed by atoms with Crippen LogP contribution in [0.2, 0.25) is 0 Å². The SMILES string of the molecule is N#Cc1ccc(Nc2ccc(I)c(Br)c2)c(Br)c1. The molecule has 0 amide bonds. The summed E-state index contributed by atoms with van der Waals surface area (Å²) in [6.45, 7) is 0. The number of hydrogen-bond donors (Lipinski definition) is 1. The fourth-order valence-electron chi connectivity index (χ4n) is 1.42. The lowest BCUT2D eigenvalue weighted by Gasteiger charge is -2.09. The first-order valence-corrected chi connectivity index (χ1v) is 7.68. The first-order chi connectivity index (χ1) is 8.60. The molecule has 0 atom stereocenters. The summed E-state index contributed by atoms with van der Waals surface area (Å²) < 4.78 is 3.09. The Bertz CT molecular complexity index is 635. The van der Waals surface area contributed by atoms with Gasteiger partial charge in [0.2, 0.25) is 0 Å². The topological polar surface area (TPSA) is 35.8 Å². The van der Waals surface area contributed by atoms with Crippen LogP contribution in [0.3, 0.4) is 0 Å². The van der Waals surface area contributed by atoms with E-state index in [1.165, 1.54) is 0 Å². The second-order valence-electron chi connectivity index (χ2n) is 3.56. The number of halogens is 3. The van der Waals surface area contributed by atoms with E-state index in [1.54, 1.807) is 12.1 Å². The van der Waals surface area contributed by atoms with Crippen LogP contribution >= 0.6 is 54.5 Å². The first kappa shape index (κ1) is 13.8. The molecule has 1 N–H and O–H groups in total. The molecular weight excluding hydrogens is 471 g/mol. The Labute approximate surface area is 136 Å². The lowest BCUT2D eigenvalue weighted by molar-refractivity contribution is 1.45. The van der Waals surface area contributed by atoms with Crippen LogP contribution < -0.4 is 5.32 Å². The van der Waals surface area contributed by atoms with Gasteiger partial charge >= 0.3 is 0 Å². The van der Waals surface area contributed by atoms with Gasteiger partial charge in [0.15, 0.2) is 0 Å². The summed E-state index contributed by atoms with van der Waals surface area (Å²) in [6, 6.07) is 13.6. The highest BCUT2D eigenvalue weighted by Crippen LogP contribution is 2.29. The average molecular weight is 478 g/mol. The van der Waals surface area contributed by atoms with E-state index < -0.39 is 0 Å². The predicted octanol–water partition coefficient (Wildman–Crippen LogP) is 5.43. The fraction of sp³-hybridized carbons (Fsp3) is 0. The zero-order chi connectivity index (χ0) is 13.1. The van der Waals surface area contributed by atoms with E-state index in [-0.39, 0.29) is 0 Å². The molecule has 0 fully saturated rings. The average Bonchev–Trinajstić information content (AvgIpc) is 2.36. The van der Waals surface area contributed by atoms with Crippen molar-refractivity contribution in [3.8, 4) is 6.07 Å². The van der Waals surface area contributed by atoms with Gasteiger partial charge in [0.1, 0.15) is 0 Å². The molecular formula is C13H7Br2IN2. The summed E-state index contributed by atoms with van der Waals surface area (Å²) in [7, 11) is 0. The summed E-state index contributed by atoms with van der Waals surface area (Å²) in [4.78, 5) is 0. The third kappa shape index (κ3) is 3.25. The van der Waals surface area contributed by atoms with Gasteiger partial charge in [0, 0.05) is 18.2 Å². The van der Waals surface area contributed by atoms with Crippen molar-refractivity contribution in [1.82, 2.24) is 0 Å². The van der Waals surface area contributed by atoms with Crippen molar-refractivity contribution in [3.05, 3.63) is 54.5 Å². The number of anilines is 2. The number of rotatable bonds is 2. The van der Waals surface area contributed by atoms with Gasteiger partial charge in [-0.05, 0) is 90.8 Å². The molecule has 0 aliphatic heterocycles. The molecule has 0 saturated heterocycles. The van der Waals surface area contributed by atoms with Crippen LogP contribution in [-0.2, 0) is 0 Å². The summed E-state index contributed by atoms with van der Waals surface area (Å²) in [5.74, 6) is 0. The first-order valence-electron chi connectivity index (χ1n) is 5.02. The van der Waals surface area contributed by atoms with Crippen molar-refractivity contribution in [1.29, 1.82) is 5.26 Å². The molecule has 2 nitrogen and oxygen atoms in total. The van der Waals surface area contributed by atoms with Gasteiger partial charge in [-0.15, -0.1) is 0 Å². The van der Waals surface area contributed by atoms with E-state index in [0.29, 0.717) is 5.56 Å². The van der Waals surface area contributed by atoms with Crippen LogP contribution in [0, 0.1) is 14.9 Å². The molecule has 0 unspecified atom stereocenters. The summed E-state index contributed by atoms with van der Waals surface area (Å²) in [5.41, 5.74) is 2.56. The Morgan fingerprint density at radius 2 is 1.83 bits per heavy atom. The molecule has 0 spiro atoms. The summed E-state index contributed by atoms with van der Waals surface area (Å²) in [6.07, 6.45) is 0. The molecule has 2 aromatic carbocycles. The van der Waals surface area contributed by atoms with Crippen LogP contribution in [0.1, 0.15) is 5.56 Å².